The Labute approximate surface area is 105 Å². The van der Waals surface area contributed by atoms with Gasteiger partial charge in [0.15, 0.2) is 6.10 Å². The second kappa shape index (κ2) is 5.67. The second-order valence-electron chi connectivity index (χ2n) is 4.85. The van der Waals surface area contributed by atoms with Crippen LogP contribution in [0.25, 0.3) is 0 Å². The molecule has 2 aliphatic rings. The summed E-state index contributed by atoms with van der Waals surface area (Å²) in [6, 6.07) is 0. The maximum Gasteiger partial charge on any atom is 0.306 e. The highest BCUT2D eigenvalue weighted by Gasteiger charge is 2.47. The van der Waals surface area contributed by atoms with E-state index in [-0.39, 0.29) is 37.1 Å². The standard InChI is InChI=1S/C12H18O6/c1-7-5-16-12-8(6-17-11(7)12)18-10(15)4-2-3-9(13)14/h7-8,11-12H,2-6H2,1H3,(H,13,14)/t7-,8-,11+,12+/m0/s1. The zero-order chi connectivity index (χ0) is 13.1. The third-order valence-corrected chi connectivity index (χ3v) is 3.31. The molecule has 2 aliphatic heterocycles. The summed E-state index contributed by atoms with van der Waals surface area (Å²) in [4.78, 5) is 21.8. The van der Waals surface area contributed by atoms with E-state index < -0.39 is 5.97 Å². The molecule has 0 amide bonds. The Bertz CT molecular complexity index is 329. The van der Waals surface area contributed by atoms with E-state index >= 15 is 0 Å². The lowest BCUT2D eigenvalue weighted by Gasteiger charge is -2.16. The summed E-state index contributed by atoms with van der Waals surface area (Å²) in [7, 11) is 0. The van der Waals surface area contributed by atoms with Crippen molar-refractivity contribution in [2.75, 3.05) is 13.2 Å². The molecule has 0 spiro atoms. The van der Waals surface area contributed by atoms with E-state index in [0.717, 1.165) is 0 Å². The third kappa shape index (κ3) is 3.00. The van der Waals surface area contributed by atoms with Gasteiger partial charge >= 0.3 is 11.9 Å². The lowest BCUT2D eigenvalue weighted by Crippen LogP contribution is -2.32. The van der Waals surface area contributed by atoms with Crippen molar-refractivity contribution in [3.05, 3.63) is 0 Å². The summed E-state index contributed by atoms with van der Waals surface area (Å²) in [5, 5.41) is 8.47. The molecule has 0 aromatic carbocycles. The van der Waals surface area contributed by atoms with Crippen LogP contribution in [0.5, 0.6) is 0 Å². The number of hydrogen-bond donors (Lipinski definition) is 1. The van der Waals surface area contributed by atoms with Gasteiger partial charge in [0.1, 0.15) is 6.10 Å². The summed E-state index contributed by atoms with van der Waals surface area (Å²) in [5.41, 5.74) is 0. The fraction of sp³-hybridized carbons (Fsp3) is 0.833. The topological polar surface area (TPSA) is 82.1 Å². The quantitative estimate of drug-likeness (QED) is 0.727. The largest absolute Gasteiger partial charge is 0.481 e. The van der Waals surface area contributed by atoms with Gasteiger partial charge in [-0.3, -0.25) is 9.59 Å². The predicted molar refractivity (Wildman–Crippen MR) is 60.0 cm³/mol. The van der Waals surface area contributed by atoms with Crippen molar-refractivity contribution in [1.82, 2.24) is 0 Å². The van der Waals surface area contributed by atoms with Crippen LogP contribution in [-0.4, -0.2) is 48.6 Å². The number of hydrogen-bond acceptors (Lipinski definition) is 5. The first kappa shape index (κ1) is 13.3. The minimum Gasteiger partial charge on any atom is -0.481 e. The number of esters is 1. The average molecular weight is 258 g/mol. The van der Waals surface area contributed by atoms with Crippen LogP contribution in [0.15, 0.2) is 0 Å². The Morgan fingerprint density at radius 3 is 2.67 bits per heavy atom. The highest BCUT2D eigenvalue weighted by Crippen LogP contribution is 2.32. The normalized spacial score (nSPS) is 34.3. The van der Waals surface area contributed by atoms with Gasteiger partial charge < -0.3 is 19.3 Å². The lowest BCUT2D eigenvalue weighted by atomic mass is 10.0. The maximum atomic E-state index is 11.5. The molecule has 0 aliphatic carbocycles. The smallest absolute Gasteiger partial charge is 0.306 e. The molecule has 2 heterocycles. The molecule has 0 bridgehead atoms. The number of carbonyl (C=O) groups excluding carboxylic acids is 1. The van der Waals surface area contributed by atoms with Gasteiger partial charge in [-0.1, -0.05) is 6.92 Å². The molecule has 2 saturated heterocycles. The molecule has 2 rings (SSSR count). The van der Waals surface area contributed by atoms with Crippen molar-refractivity contribution in [3.63, 3.8) is 0 Å². The fourth-order valence-corrected chi connectivity index (χ4v) is 2.37. The van der Waals surface area contributed by atoms with Crippen LogP contribution >= 0.6 is 0 Å². The zero-order valence-corrected chi connectivity index (χ0v) is 10.3. The van der Waals surface area contributed by atoms with Crippen molar-refractivity contribution < 1.29 is 28.9 Å². The SMILES string of the molecule is C[C@H]1CO[C@H]2[C@@H]1OC[C@@H]2OC(=O)CCCC(=O)O. The van der Waals surface area contributed by atoms with Gasteiger partial charge in [-0.15, -0.1) is 0 Å². The predicted octanol–water partition coefficient (Wildman–Crippen LogP) is 0.587. The van der Waals surface area contributed by atoms with Crippen LogP contribution in [0.1, 0.15) is 26.2 Å². The maximum absolute atomic E-state index is 11.5. The Hall–Kier alpha value is -1.14. The molecule has 4 atom stereocenters. The Kier molecular flexibility index (Phi) is 4.19. The number of aliphatic carboxylic acids is 1. The van der Waals surface area contributed by atoms with E-state index in [0.29, 0.717) is 25.6 Å². The van der Waals surface area contributed by atoms with Gasteiger partial charge in [0.05, 0.1) is 19.3 Å². The van der Waals surface area contributed by atoms with Gasteiger partial charge in [0, 0.05) is 18.8 Å². The van der Waals surface area contributed by atoms with Crippen LogP contribution in [0.3, 0.4) is 0 Å². The van der Waals surface area contributed by atoms with E-state index in [4.69, 9.17) is 19.3 Å². The highest BCUT2D eigenvalue weighted by atomic mass is 16.6. The Balaban J connectivity index is 1.73. The van der Waals surface area contributed by atoms with E-state index in [1.54, 1.807) is 0 Å². The first-order chi connectivity index (χ1) is 8.58. The molecule has 6 nitrogen and oxygen atoms in total. The van der Waals surface area contributed by atoms with Crippen molar-refractivity contribution in [3.8, 4) is 0 Å². The minimum absolute atomic E-state index is 0.0156. The molecule has 18 heavy (non-hydrogen) atoms. The summed E-state index contributed by atoms with van der Waals surface area (Å²) in [6.07, 6.45) is -0.0962. The van der Waals surface area contributed by atoms with Gasteiger partial charge in [0.25, 0.3) is 0 Å². The third-order valence-electron chi connectivity index (χ3n) is 3.31. The first-order valence-electron chi connectivity index (χ1n) is 6.22. The number of carbonyl (C=O) groups is 2. The Morgan fingerprint density at radius 2 is 1.94 bits per heavy atom. The minimum atomic E-state index is -0.903. The molecular formula is C12H18O6. The molecule has 0 aromatic rings. The van der Waals surface area contributed by atoms with Crippen LogP contribution < -0.4 is 0 Å². The van der Waals surface area contributed by atoms with Crippen LogP contribution in [-0.2, 0) is 23.8 Å². The van der Waals surface area contributed by atoms with Crippen LogP contribution in [0, 0.1) is 5.92 Å². The van der Waals surface area contributed by atoms with E-state index in [1.165, 1.54) is 0 Å². The van der Waals surface area contributed by atoms with E-state index in [1.807, 2.05) is 6.92 Å². The van der Waals surface area contributed by atoms with Gasteiger partial charge in [-0.25, -0.2) is 0 Å². The number of ether oxygens (including phenoxy) is 3. The highest BCUT2D eigenvalue weighted by molar-refractivity contribution is 5.71. The molecule has 0 saturated carbocycles. The van der Waals surface area contributed by atoms with Crippen molar-refractivity contribution in [2.24, 2.45) is 5.92 Å². The van der Waals surface area contributed by atoms with Gasteiger partial charge in [-0.05, 0) is 6.42 Å². The van der Waals surface area contributed by atoms with E-state index in [9.17, 15) is 9.59 Å². The molecular weight excluding hydrogens is 240 g/mol. The molecule has 102 valence electrons. The van der Waals surface area contributed by atoms with E-state index in [2.05, 4.69) is 0 Å². The molecule has 0 unspecified atom stereocenters. The first-order valence-corrected chi connectivity index (χ1v) is 6.22. The zero-order valence-electron chi connectivity index (χ0n) is 10.3. The molecule has 6 heteroatoms. The molecule has 1 N–H and O–H groups in total. The summed E-state index contributed by atoms with van der Waals surface area (Å²) < 4.78 is 16.4. The summed E-state index contributed by atoms with van der Waals surface area (Å²) in [5.74, 6) is -0.959. The van der Waals surface area contributed by atoms with Crippen LogP contribution in [0.4, 0.5) is 0 Å². The lowest BCUT2D eigenvalue weighted by molar-refractivity contribution is -0.153. The molecule has 2 fully saturated rings. The second-order valence-corrected chi connectivity index (χ2v) is 4.85. The number of fused-ring (bicyclic) bond motifs is 1. The number of carboxylic acids is 1. The molecule has 0 aromatic heterocycles. The van der Waals surface area contributed by atoms with Crippen molar-refractivity contribution >= 4 is 11.9 Å². The molecule has 0 radical (unpaired) electrons. The van der Waals surface area contributed by atoms with Gasteiger partial charge in [0.2, 0.25) is 0 Å². The Morgan fingerprint density at radius 1 is 1.22 bits per heavy atom. The average Bonchev–Trinajstić information content (AvgIpc) is 2.83. The van der Waals surface area contributed by atoms with Crippen LogP contribution in [0.2, 0.25) is 0 Å². The summed E-state index contributed by atoms with van der Waals surface area (Å²) >= 11 is 0. The van der Waals surface area contributed by atoms with Crippen molar-refractivity contribution in [1.29, 1.82) is 0 Å². The fourth-order valence-electron chi connectivity index (χ4n) is 2.37. The summed E-state index contributed by atoms with van der Waals surface area (Å²) in [6.45, 7) is 3.04. The monoisotopic (exact) mass is 258 g/mol. The number of rotatable bonds is 5. The van der Waals surface area contributed by atoms with Crippen molar-refractivity contribution in [2.45, 2.75) is 44.5 Å². The van der Waals surface area contributed by atoms with Gasteiger partial charge in [-0.2, -0.15) is 0 Å². The number of carboxylic acid groups (broad SMARTS) is 1.